The fourth-order valence-electron chi connectivity index (χ4n) is 0.766. The molecular formula is C8H15NO4. The number of rotatable bonds is 6. The number of ether oxygens (including phenoxy) is 1. The summed E-state index contributed by atoms with van der Waals surface area (Å²) in [5, 5.41) is 10.9. The molecule has 0 heterocycles. The Hall–Kier alpha value is -1.10. The van der Waals surface area contributed by atoms with Crippen molar-refractivity contribution in [2.75, 3.05) is 13.2 Å². The summed E-state index contributed by atoms with van der Waals surface area (Å²) >= 11 is 0. The van der Waals surface area contributed by atoms with Gasteiger partial charge in [0.15, 0.2) is 6.04 Å². The zero-order valence-corrected chi connectivity index (χ0v) is 7.87. The number of carbonyl (C=O) groups excluding carboxylic acids is 1. The monoisotopic (exact) mass is 189 g/mol. The second kappa shape index (κ2) is 6.42. The molecule has 0 rings (SSSR count). The van der Waals surface area contributed by atoms with E-state index < -0.39 is 12.0 Å². The second-order valence-corrected chi connectivity index (χ2v) is 2.67. The predicted molar refractivity (Wildman–Crippen MR) is 46.4 cm³/mol. The van der Waals surface area contributed by atoms with Gasteiger partial charge in [0.1, 0.15) is 0 Å². The van der Waals surface area contributed by atoms with Gasteiger partial charge < -0.3 is 15.2 Å². The van der Waals surface area contributed by atoms with Crippen molar-refractivity contribution < 1.29 is 19.4 Å². The second-order valence-electron chi connectivity index (χ2n) is 2.67. The predicted octanol–water partition coefficient (Wildman–Crippen LogP) is 0.00230. The minimum Gasteiger partial charge on any atom is -0.480 e. The first-order chi connectivity index (χ1) is 6.07. The van der Waals surface area contributed by atoms with Crippen LogP contribution in [0.1, 0.15) is 20.3 Å². The fraction of sp³-hybridized carbons (Fsp3) is 0.750. The quantitative estimate of drug-likeness (QED) is 0.577. The highest BCUT2D eigenvalue weighted by atomic mass is 16.5. The van der Waals surface area contributed by atoms with Gasteiger partial charge in [0, 0.05) is 13.5 Å². The van der Waals surface area contributed by atoms with Crippen LogP contribution in [-0.4, -0.2) is 36.2 Å². The van der Waals surface area contributed by atoms with Crippen molar-refractivity contribution in [3.8, 4) is 0 Å². The summed E-state index contributed by atoms with van der Waals surface area (Å²) in [5.41, 5.74) is 0. The number of carbonyl (C=O) groups is 2. The molecule has 2 N–H and O–H groups in total. The van der Waals surface area contributed by atoms with Crippen LogP contribution in [-0.2, 0) is 14.3 Å². The summed E-state index contributed by atoms with van der Waals surface area (Å²) < 4.78 is 5.01. The number of hydrogen-bond acceptors (Lipinski definition) is 3. The molecule has 13 heavy (non-hydrogen) atoms. The van der Waals surface area contributed by atoms with Crippen LogP contribution in [0.2, 0.25) is 0 Å². The summed E-state index contributed by atoms with van der Waals surface area (Å²) in [6.07, 6.45) is 0.826. The first kappa shape index (κ1) is 11.9. The van der Waals surface area contributed by atoms with Crippen LogP contribution in [0.15, 0.2) is 0 Å². The average Bonchev–Trinajstić information content (AvgIpc) is 2.02. The standard InChI is InChI=1S/C8H15NO4/c1-3-4-13-5-7(8(11)12)9-6(2)10/h7H,3-5H2,1-2H3,(H,9,10)(H,11,12)/t7-/m0/s1. The van der Waals surface area contributed by atoms with Gasteiger partial charge in [-0.15, -0.1) is 0 Å². The molecule has 0 aromatic heterocycles. The number of aliphatic carboxylic acids is 1. The van der Waals surface area contributed by atoms with Crippen molar-refractivity contribution >= 4 is 11.9 Å². The Bertz CT molecular complexity index is 181. The molecule has 0 saturated heterocycles. The summed E-state index contributed by atoms with van der Waals surface area (Å²) in [6.45, 7) is 3.72. The highest BCUT2D eigenvalue weighted by Gasteiger charge is 2.17. The minimum absolute atomic E-state index is 0.0166. The molecule has 0 aliphatic carbocycles. The molecule has 0 spiro atoms. The van der Waals surface area contributed by atoms with Crippen LogP contribution in [0.3, 0.4) is 0 Å². The van der Waals surface area contributed by atoms with Gasteiger partial charge in [0.05, 0.1) is 6.61 Å². The normalized spacial score (nSPS) is 12.2. The van der Waals surface area contributed by atoms with E-state index in [2.05, 4.69) is 5.32 Å². The van der Waals surface area contributed by atoms with Crippen molar-refractivity contribution in [1.29, 1.82) is 0 Å². The van der Waals surface area contributed by atoms with Gasteiger partial charge in [0.2, 0.25) is 5.91 Å². The lowest BCUT2D eigenvalue weighted by Gasteiger charge is -2.12. The summed E-state index contributed by atoms with van der Waals surface area (Å²) in [6, 6.07) is -0.941. The van der Waals surface area contributed by atoms with Gasteiger partial charge in [-0.05, 0) is 6.42 Å². The zero-order chi connectivity index (χ0) is 10.3. The molecule has 1 amide bonds. The molecule has 0 radical (unpaired) electrons. The number of nitrogens with one attached hydrogen (secondary N) is 1. The van der Waals surface area contributed by atoms with Crippen molar-refractivity contribution in [3.63, 3.8) is 0 Å². The molecule has 0 fully saturated rings. The Labute approximate surface area is 77.1 Å². The van der Waals surface area contributed by atoms with Crippen LogP contribution in [0.4, 0.5) is 0 Å². The summed E-state index contributed by atoms with van der Waals surface area (Å²) in [5.74, 6) is -1.45. The van der Waals surface area contributed by atoms with E-state index in [9.17, 15) is 9.59 Å². The lowest BCUT2D eigenvalue weighted by Crippen LogP contribution is -2.43. The van der Waals surface area contributed by atoms with E-state index in [0.717, 1.165) is 6.42 Å². The first-order valence-corrected chi connectivity index (χ1v) is 4.15. The Morgan fingerprint density at radius 3 is 2.54 bits per heavy atom. The number of amides is 1. The maximum atomic E-state index is 10.6. The first-order valence-electron chi connectivity index (χ1n) is 4.15. The van der Waals surface area contributed by atoms with E-state index >= 15 is 0 Å². The van der Waals surface area contributed by atoms with E-state index in [1.54, 1.807) is 0 Å². The SMILES string of the molecule is CCCOC[C@H](NC(C)=O)C(=O)O. The number of hydrogen-bond donors (Lipinski definition) is 2. The molecule has 0 aromatic carbocycles. The van der Waals surface area contributed by atoms with E-state index in [0.29, 0.717) is 6.61 Å². The molecule has 0 unspecified atom stereocenters. The number of carboxylic acids is 1. The van der Waals surface area contributed by atoms with Crippen molar-refractivity contribution in [1.82, 2.24) is 5.32 Å². The smallest absolute Gasteiger partial charge is 0.328 e. The third-order valence-corrected chi connectivity index (χ3v) is 1.31. The van der Waals surface area contributed by atoms with Crippen LogP contribution >= 0.6 is 0 Å². The van der Waals surface area contributed by atoms with Crippen LogP contribution in [0.25, 0.3) is 0 Å². The van der Waals surface area contributed by atoms with Gasteiger partial charge in [-0.2, -0.15) is 0 Å². The highest BCUT2D eigenvalue weighted by Crippen LogP contribution is 1.88. The molecule has 0 aliphatic heterocycles. The third-order valence-electron chi connectivity index (χ3n) is 1.31. The minimum atomic E-state index is -1.08. The van der Waals surface area contributed by atoms with Gasteiger partial charge in [-0.25, -0.2) is 4.79 Å². The van der Waals surface area contributed by atoms with Gasteiger partial charge in [-0.1, -0.05) is 6.92 Å². The van der Waals surface area contributed by atoms with Crippen LogP contribution in [0, 0.1) is 0 Å². The molecule has 0 aliphatic rings. The Kier molecular flexibility index (Phi) is 5.88. The molecule has 5 heteroatoms. The van der Waals surface area contributed by atoms with Gasteiger partial charge >= 0.3 is 5.97 Å². The molecular weight excluding hydrogens is 174 g/mol. The van der Waals surface area contributed by atoms with Gasteiger partial charge in [0.25, 0.3) is 0 Å². The molecule has 0 saturated carbocycles. The van der Waals surface area contributed by atoms with Crippen LogP contribution < -0.4 is 5.32 Å². The molecule has 76 valence electrons. The molecule has 0 aromatic rings. The topological polar surface area (TPSA) is 75.6 Å². The zero-order valence-electron chi connectivity index (χ0n) is 7.87. The maximum absolute atomic E-state index is 10.6. The van der Waals surface area contributed by atoms with E-state index in [1.807, 2.05) is 6.92 Å². The Morgan fingerprint density at radius 2 is 2.15 bits per heavy atom. The van der Waals surface area contributed by atoms with E-state index in [4.69, 9.17) is 9.84 Å². The number of carboxylic acid groups (broad SMARTS) is 1. The van der Waals surface area contributed by atoms with E-state index in [1.165, 1.54) is 6.92 Å². The lowest BCUT2D eigenvalue weighted by atomic mass is 10.3. The van der Waals surface area contributed by atoms with Crippen LogP contribution in [0.5, 0.6) is 0 Å². The molecule has 0 bridgehead atoms. The third kappa shape index (κ3) is 6.10. The Balaban J connectivity index is 3.81. The van der Waals surface area contributed by atoms with Crippen molar-refractivity contribution in [3.05, 3.63) is 0 Å². The molecule has 1 atom stereocenters. The maximum Gasteiger partial charge on any atom is 0.328 e. The largest absolute Gasteiger partial charge is 0.480 e. The van der Waals surface area contributed by atoms with Gasteiger partial charge in [-0.3, -0.25) is 4.79 Å². The highest BCUT2D eigenvalue weighted by molar-refractivity contribution is 5.82. The lowest BCUT2D eigenvalue weighted by molar-refractivity contribution is -0.143. The summed E-state index contributed by atoms with van der Waals surface area (Å²) in [4.78, 5) is 21.1. The van der Waals surface area contributed by atoms with Crippen molar-refractivity contribution in [2.24, 2.45) is 0 Å². The average molecular weight is 189 g/mol. The van der Waals surface area contributed by atoms with E-state index in [-0.39, 0.29) is 12.5 Å². The summed E-state index contributed by atoms with van der Waals surface area (Å²) in [7, 11) is 0. The fourth-order valence-corrected chi connectivity index (χ4v) is 0.766. The van der Waals surface area contributed by atoms with Crippen molar-refractivity contribution in [2.45, 2.75) is 26.3 Å². The Morgan fingerprint density at radius 1 is 1.54 bits per heavy atom. The molecule has 5 nitrogen and oxygen atoms in total.